The van der Waals surface area contributed by atoms with E-state index in [9.17, 15) is 9.59 Å². The molecule has 0 unspecified atom stereocenters. The molecule has 0 aliphatic heterocycles. The number of carbonyl (C=O) groups is 2. The van der Waals surface area contributed by atoms with Gasteiger partial charge in [0.15, 0.2) is 0 Å². The van der Waals surface area contributed by atoms with Crippen molar-refractivity contribution in [2.45, 2.75) is 51.4 Å². The van der Waals surface area contributed by atoms with Crippen LogP contribution in [0.1, 0.15) is 67.3 Å². The molecule has 0 N–H and O–H groups in total. The first-order valence-electron chi connectivity index (χ1n) is 7.54. The van der Waals surface area contributed by atoms with Crippen LogP contribution in [0.4, 0.5) is 0 Å². The van der Waals surface area contributed by atoms with E-state index in [0.29, 0.717) is 11.5 Å². The fourth-order valence-electron chi connectivity index (χ4n) is 2.96. The predicted molar refractivity (Wildman–Crippen MR) is 77.8 cm³/mol. The molecule has 3 heteroatoms. The largest absolute Gasteiger partial charge is 0.460 e. The first-order chi connectivity index (χ1) is 9.74. The van der Waals surface area contributed by atoms with Crippen LogP contribution in [0.2, 0.25) is 0 Å². The van der Waals surface area contributed by atoms with Gasteiger partial charge in [0.2, 0.25) is 0 Å². The number of ether oxygens (including phenoxy) is 1. The van der Waals surface area contributed by atoms with Gasteiger partial charge in [-0.1, -0.05) is 49.9 Å². The normalized spacial score (nSPS) is 16.4. The van der Waals surface area contributed by atoms with Gasteiger partial charge in [-0.25, -0.2) is 4.79 Å². The number of benzene rings is 1. The lowest BCUT2D eigenvalue weighted by Gasteiger charge is -2.17. The van der Waals surface area contributed by atoms with E-state index in [1.54, 1.807) is 13.0 Å². The molecular formula is C17H22O3. The summed E-state index contributed by atoms with van der Waals surface area (Å²) >= 11 is 0. The standard InChI is InChI=1S/C17H22O3/c1-2-20-17(19)16(18)15-12-8-7-11-14(15)13-9-5-3-4-6-10-13/h7-8,11-13H,2-6,9-10H2,1H3. The zero-order valence-electron chi connectivity index (χ0n) is 12.1. The van der Waals surface area contributed by atoms with Gasteiger partial charge in [-0.05, 0) is 31.2 Å². The van der Waals surface area contributed by atoms with Crippen LogP contribution in [-0.4, -0.2) is 18.4 Å². The molecule has 0 amide bonds. The summed E-state index contributed by atoms with van der Waals surface area (Å²) in [5, 5.41) is 0. The Morgan fingerprint density at radius 2 is 1.75 bits per heavy atom. The molecule has 0 bridgehead atoms. The second kappa shape index (κ2) is 7.22. The predicted octanol–water partition coefficient (Wildman–Crippen LogP) is 3.87. The van der Waals surface area contributed by atoms with E-state index in [1.807, 2.05) is 18.2 Å². The van der Waals surface area contributed by atoms with Crippen LogP contribution in [0, 0.1) is 0 Å². The van der Waals surface area contributed by atoms with Crippen LogP contribution in [0.5, 0.6) is 0 Å². The van der Waals surface area contributed by atoms with Gasteiger partial charge in [-0.15, -0.1) is 0 Å². The molecule has 2 rings (SSSR count). The third-order valence-electron chi connectivity index (χ3n) is 3.96. The quantitative estimate of drug-likeness (QED) is 0.362. The number of ketones is 1. The Morgan fingerprint density at radius 3 is 2.40 bits per heavy atom. The monoisotopic (exact) mass is 274 g/mol. The van der Waals surface area contributed by atoms with Crippen molar-refractivity contribution >= 4 is 11.8 Å². The van der Waals surface area contributed by atoms with Gasteiger partial charge in [0.05, 0.1) is 6.61 Å². The molecule has 0 heterocycles. The average molecular weight is 274 g/mol. The molecule has 0 aromatic heterocycles. The number of esters is 1. The summed E-state index contributed by atoms with van der Waals surface area (Å²) in [6.07, 6.45) is 7.15. The molecule has 20 heavy (non-hydrogen) atoms. The lowest BCUT2D eigenvalue weighted by Crippen LogP contribution is -2.20. The highest BCUT2D eigenvalue weighted by atomic mass is 16.5. The summed E-state index contributed by atoms with van der Waals surface area (Å²) in [4.78, 5) is 23.9. The number of hydrogen-bond donors (Lipinski definition) is 0. The molecule has 1 aliphatic carbocycles. The van der Waals surface area contributed by atoms with Crippen LogP contribution in [-0.2, 0) is 9.53 Å². The van der Waals surface area contributed by atoms with E-state index in [4.69, 9.17) is 4.74 Å². The molecule has 1 fully saturated rings. The minimum atomic E-state index is -0.742. The first-order valence-corrected chi connectivity index (χ1v) is 7.54. The van der Waals surface area contributed by atoms with E-state index >= 15 is 0 Å². The first kappa shape index (κ1) is 14.8. The molecule has 0 atom stereocenters. The second-order valence-electron chi connectivity index (χ2n) is 5.33. The van der Waals surface area contributed by atoms with Crippen molar-refractivity contribution in [1.29, 1.82) is 0 Å². The average Bonchev–Trinajstić information content (AvgIpc) is 2.76. The summed E-state index contributed by atoms with van der Waals surface area (Å²) in [7, 11) is 0. The molecule has 0 saturated heterocycles. The van der Waals surface area contributed by atoms with Crippen LogP contribution in [0.25, 0.3) is 0 Å². The molecule has 1 aromatic carbocycles. The summed E-state index contributed by atoms with van der Waals surface area (Å²) in [5.74, 6) is -0.854. The van der Waals surface area contributed by atoms with E-state index < -0.39 is 11.8 Å². The summed E-state index contributed by atoms with van der Waals surface area (Å²) < 4.78 is 4.84. The van der Waals surface area contributed by atoms with Crippen molar-refractivity contribution in [3.05, 3.63) is 35.4 Å². The maximum atomic E-state index is 12.2. The maximum Gasteiger partial charge on any atom is 0.379 e. The number of Topliss-reactive ketones (excluding diaryl/α,β-unsaturated/α-hetero) is 1. The van der Waals surface area contributed by atoms with Gasteiger partial charge in [0, 0.05) is 5.56 Å². The zero-order chi connectivity index (χ0) is 14.4. The lowest BCUT2D eigenvalue weighted by molar-refractivity contribution is -0.137. The summed E-state index contributed by atoms with van der Waals surface area (Å²) in [5.41, 5.74) is 1.55. The van der Waals surface area contributed by atoms with E-state index in [2.05, 4.69) is 0 Å². The van der Waals surface area contributed by atoms with Crippen LogP contribution in [0.15, 0.2) is 24.3 Å². The number of rotatable bonds is 4. The highest BCUT2D eigenvalue weighted by Gasteiger charge is 2.24. The second-order valence-corrected chi connectivity index (χ2v) is 5.33. The molecule has 0 radical (unpaired) electrons. The Balaban J connectivity index is 2.25. The number of carbonyl (C=O) groups excluding carboxylic acids is 2. The molecule has 1 saturated carbocycles. The Kier molecular flexibility index (Phi) is 5.33. The van der Waals surface area contributed by atoms with Crippen LogP contribution < -0.4 is 0 Å². The highest BCUT2D eigenvalue weighted by molar-refractivity contribution is 6.41. The lowest BCUT2D eigenvalue weighted by atomic mass is 9.87. The van der Waals surface area contributed by atoms with Crippen molar-refractivity contribution < 1.29 is 14.3 Å². The summed E-state index contributed by atoms with van der Waals surface area (Å²) in [6.45, 7) is 1.94. The van der Waals surface area contributed by atoms with Crippen LogP contribution >= 0.6 is 0 Å². The molecule has 1 aliphatic rings. The van der Waals surface area contributed by atoms with Gasteiger partial charge in [0.25, 0.3) is 5.78 Å². The third kappa shape index (κ3) is 3.47. The minimum absolute atomic E-state index is 0.232. The zero-order valence-corrected chi connectivity index (χ0v) is 12.1. The molecule has 0 spiro atoms. The Hall–Kier alpha value is -1.64. The Bertz CT molecular complexity index is 471. The SMILES string of the molecule is CCOC(=O)C(=O)c1ccccc1C1CCCCCC1. The van der Waals surface area contributed by atoms with Crippen molar-refractivity contribution in [2.24, 2.45) is 0 Å². The smallest absolute Gasteiger partial charge is 0.379 e. The Morgan fingerprint density at radius 1 is 1.10 bits per heavy atom. The van der Waals surface area contributed by atoms with Crippen molar-refractivity contribution in [3.63, 3.8) is 0 Å². The topological polar surface area (TPSA) is 43.4 Å². The highest BCUT2D eigenvalue weighted by Crippen LogP contribution is 2.33. The maximum absolute atomic E-state index is 12.2. The van der Waals surface area contributed by atoms with Gasteiger partial charge < -0.3 is 4.74 Å². The van der Waals surface area contributed by atoms with E-state index in [0.717, 1.165) is 18.4 Å². The molecule has 108 valence electrons. The third-order valence-corrected chi connectivity index (χ3v) is 3.96. The Labute approximate surface area is 120 Å². The minimum Gasteiger partial charge on any atom is -0.460 e. The fraction of sp³-hybridized carbons (Fsp3) is 0.529. The van der Waals surface area contributed by atoms with E-state index in [1.165, 1.54) is 25.7 Å². The molecule has 3 nitrogen and oxygen atoms in total. The van der Waals surface area contributed by atoms with Gasteiger partial charge >= 0.3 is 5.97 Å². The fourth-order valence-corrected chi connectivity index (χ4v) is 2.96. The van der Waals surface area contributed by atoms with Crippen molar-refractivity contribution in [3.8, 4) is 0 Å². The molecule has 1 aromatic rings. The van der Waals surface area contributed by atoms with E-state index in [-0.39, 0.29) is 6.61 Å². The number of hydrogen-bond acceptors (Lipinski definition) is 3. The van der Waals surface area contributed by atoms with Crippen molar-refractivity contribution in [1.82, 2.24) is 0 Å². The van der Waals surface area contributed by atoms with Crippen molar-refractivity contribution in [2.75, 3.05) is 6.61 Å². The molecular weight excluding hydrogens is 252 g/mol. The van der Waals surface area contributed by atoms with Gasteiger partial charge in [-0.3, -0.25) is 4.79 Å². The van der Waals surface area contributed by atoms with Gasteiger partial charge in [0.1, 0.15) is 0 Å². The summed E-state index contributed by atoms with van der Waals surface area (Å²) in [6, 6.07) is 7.50. The van der Waals surface area contributed by atoms with Gasteiger partial charge in [-0.2, -0.15) is 0 Å². The van der Waals surface area contributed by atoms with Crippen LogP contribution in [0.3, 0.4) is 0 Å².